The molecule has 4 fully saturated rings. The Hall–Kier alpha value is -1.95. The van der Waals surface area contributed by atoms with Crippen molar-refractivity contribution in [2.45, 2.75) is 123 Å². The van der Waals surface area contributed by atoms with Gasteiger partial charge in [0.15, 0.2) is 5.79 Å². The summed E-state index contributed by atoms with van der Waals surface area (Å²) in [5.41, 5.74) is 0.572. The van der Waals surface area contributed by atoms with Gasteiger partial charge in [-0.25, -0.2) is 0 Å². The Morgan fingerprint density at radius 3 is 2.04 bits per heavy atom. The van der Waals surface area contributed by atoms with E-state index in [4.69, 9.17) is 4.43 Å². The van der Waals surface area contributed by atoms with E-state index in [1.807, 2.05) is 0 Å². The molecule has 4 aliphatic carbocycles. The highest BCUT2D eigenvalue weighted by Gasteiger charge is 2.63. The van der Waals surface area contributed by atoms with Crippen molar-refractivity contribution in [1.82, 2.24) is 0 Å². The van der Waals surface area contributed by atoms with E-state index in [1.54, 1.807) is 0 Å². The summed E-state index contributed by atoms with van der Waals surface area (Å²) in [5.74, 6) is 2.00. The van der Waals surface area contributed by atoms with Crippen molar-refractivity contribution >= 4 is 24.7 Å². The van der Waals surface area contributed by atoms with Gasteiger partial charge >= 0.3 is 5.97 Å². The minimum absolute atomic E-state index is 0.168. The van der Waals surface area contributed by atoms with Gasteiger partial charge in [-0.15, -0.1) is 0 Å². The molecule has 2 N–H and O–H groups in total. The van der Waals surface area contributed by atoms with Crippen LogP contribution in [-0.2, 0) is 9.22 Å². The molecule has 2 aromatic rings. The Bertz CT molecular complexity index is 1300. The molecule has 0 aromatic heterocycles. The van der Waals surface area contributed by atoms with Crippen LogP contribution in [0, 0.1) is 46.3 Å². The summed E-state index contributed by atoms with van der Waals surface area (Å²) in [6.07, 6.45) is 11.1. The van der Waals surface area contributed by atoms with E-state index in [2.05, 4.69) is 102 Å². The van der Waals surface area contributed by atoms with Gasteiger partial charge in [0.05, 0.1) is 0 Å². The molecule has 0 spiro atoms. The Morgan fingerprint density at radius 1 is 0.867 bits per heavy atom. The summed E-state index contributed by atoms with van der Waals surface area (Å²) in [7, 11) is -2.87. The second kappa shape index (κ2) is 11.9. The van der Waals surface area contributed by atoms with Gasteiger partial charge in [-0.3, -0.25) is 4.79 Å². The van der Waals surface area contributed by atoms with Crippen LogP contribution in [0.4, 0.5) is 0 Å². The molecule has 4 nitrogen and oxygen atoms in total. The Balaban J connectivity index is 1.25. The minimum Gasteiger partial charge on any atom is -0.481 e. The van der Waals surface area contributed by atoms with Crippen LogP contribution in [0.3, 0.4) is 0 Å². The first-order valence-electron chi connectivity index (χ1n) is 18.0. The zero-order chi connectivity index (χ0) is 32.3. The van der Waals surface area contributed by atoms with E-state index in [0.717, 1.165) is 31.1 Å². The molecule has 5 heteroatoms. The predicted octanol–water partition coefficient (Wildman–Crippen LogP) is 8.41. The van der Waals surface area contributed by atoms with Crippen molar-refractivity contribution in [3.05, 3.63) is 60.7 Å². The highest BCUT2D eigenvalue weighted by atomic mass is 28.4. The van der Waals surface area contributed by atoms with E-state index >= 15 is 0 Å². The van der Waals surface area contributed by atoms with Crippen LogP contribution in [0.5, 0.6) is 0 Å². The molecule has 2 aromatic carbocycles. The molecule has 4 aliphatic rings. The number of aliphatic hydroxyl groups is 1. The summed E-state index contributed by atoms with van der Waals surface area (Å²) >= 11 is 0. The molecule has 246 valence electrons. The van der Waals surface area contributed by atoms with Gasteiger partial charge in [0.1, 0.15) is 0 Å². The average Bonchev–Trinajstić information content (AvgIpc) is 3.37. The van der Waals surface area contributed by atoms with E-state index in [9.17, 15) is 15.0 Å². The third-order valence-corrected chi connectivity index (χ3v) is 19.1. The number of rotatable bonds is 8. The molecule has 0 amide bonds. The number of carbonyl (C=O) groups is 1. The summed E-state index contributed by atoms with van der Waals surface area (Å²) in [6.45, 7) is 14.4. The van der Waals surface area contributed by atoms with Gasteiger partial charge in [-0.05, 0) is 113 Å². The van der Waals surface area contributed by atoms with Crippen LogP contribution in [-0.4, -0.2) is 30.3 Å². The SMILES string of the molecule is C[C@H](CCC(=O)O)[C@H]1CC[C@H]2[C@@H]3CC[C@@H]4C[C@@](O)(O[Si](c5ccccc5)(c5ccccc5)C(C)(C)C)CC[C@]4(C)[C@H]3CC[C@]12C. The topological polar surface area (TPSA) is 66.8 Å². The molecular weight excluding hydrogens is 573 g/mol. The monoisotopic (exact) mass is 630 g/mol. The van der Waals surface area contributed by atoms with Crippen LogP contribution in [0.15, 0.2) is 60.7 Å². The number of carboxylic acids is 1. The molecule has 0 radical (unpaired) electrons. The molecular formula is C40H58O4Si. The Kier molecular flexibility index (Phi) is 8.74. The first-order chi connectivity index (χ1) is 21.2. The number of aliphatic carboxylic acids is 1. The van der Waals surface area contributed by atoms with Crippen molar-refractivity contribution in [1.29, 1.82) is 0 Å². The lowest BCUT2D eigenvalue weighted by molar-refractivity contribution is -0.223. The van der Waals surface area contributed by atoms with E-state index in [1.165, 1.54) is 48.9 Å². The molecule has 9 atom stereocenters. The summed E-state index contributed by atoms with van der Waals surface area (Å²) in [6, 6.07) is 21.5. The number of benzene rings is 2. The highest BCUT2D eigenvalue weighted by molar-refractivity contribution is 6.99. The number of hydrogen-bond donors (Lipinski definition) is 2. The van der Waals surface area contributed by atoms with E-state index in [-0.39, 0.29) is 10.5 Å². The summed E-state index contributed by atoms with van der Waals surface area (Å²) in [4.78, 5) is 11.3. The van der Waals surface area contributed by atoms with E-state index in [0.29, 0.717) is 41.9 Å². The molecule has 45 heavy (non-hydrogen) atoms. The molecule has 0 unspecified atom stereocenters. The van der Waals surface area contributed by atoms with Crippen molar-refractivity contribution in [3.63, 3.8) is 0 Å². The lowest BCUT2D eigenvalue weighted by Crippen LogP contribution is -2.70. The van der Waals surface area contributed by atoms with Crippen LogP contribution in [0.2, 0.25) is 5.04 Å². The number of fused-ring (bicyclic) bond motifs is 5. The number of carboxylic acid groups (broad SMARTS) is 1. The fourth-order valence-electron chi connectivity index (χ4n) is 11.8. The molecule has 0 heterocycles. The van der Waals surface area contributed by atoms with Crippen LogP contribution >= 0.6 is 0 Å². The maximum Gasteiger partial charge on any atom is 0.303 e. The lowest BCUT2D eigenvalue weighted by atomic mass is 9.44. The molecule has 6 rings (SSSR count). The standard InChI is InChI=1S/C40H58O4Si/c1-28(17-22-36(41)42)33-20-21-34-32-19-18-29-27-40(43,26-25-38(29,5)35(32)23-24-39(33,34)6)44-45(37(2,3)4,30-13-9-7-10-14-30)31-15-11-8-12-16-31/h7-16,28-29,32-35,43H,17-27H2,1-6H3,(H,41,42)/t28-,29-,32+,33-,34+,35+,38+,39-,40+/m1/s1. The first kappa shape index (κ1) is 33.0. The highest BCUT2D eigenvalue weighted by Crippen LogP contribution is 2.69. The van der Waals surface area contributed by atoms with Crippen molar-refractivity contribution < 1.29 is 19.4 Å². The number of hydrogen-bond acceptors (Lipinski definition) is 3. The molecule has 0 aliphatic heterocycles. The van der Waals surface area contributed by atoms with Crippen molar-refractivity contribution in [2.24, 2.45) is 46.3 Å². The summed E-state index contributed by atoms with van der Waals surface area (Å²) < 4.78 is 7.45. The fourth-order valence-corrected chi connectivity index (χ4v) is 16.5. The maximum absolute atomic E-state index is 12.6. The minimum atomic E-state index is -2.87. The van der Waals surface area contributed by atoms with Crippen LogP contribution < -0.4 is 10.4 Å². The third-order valence-electron chi connectivity index (χ3n) is 14.0. The van der Waals surface area contributed by atoms with Gasteiger partial charge < -0.3 is 14.6 Å². The van der Waals surface area contributed by atoms with Crippen LogP contribution in [0.1, 0.15) is 112 Å². The lowest BCUT2D eigenvalue weighted by Gasteiger charge is -2.63. The zero-order valence-corrected chi connectivity index (χ0v) is 29.7. The Labute approximate surface area is 273 Å². The first-order valence-corrected chi connectivity index (χ1v) is 19.9. The second-order valence-electron chi connectivity index (χ2n) is 17.2. The normalized spacial score (nSPS) is 37.3. The van der Waals surface area contributed by atoms with Crippen LogP contribution in [0.25, 0.3) is 0 Å². The van der Waals surface area contributed by atoms with E-state index < -0.39 is 20.1 Å². The quantitative estimate of drug-likeness (QED) is 0.227. The second-order valence-corrected chi connectivity index (χ2v) is 21.4. The average molecular weight is 631 g/mol. The maximum atomic E-state index is 12.6. The van der Waals surface area contributed by atoms with Gasteiger partial charge in [-0.1, -0.05) is 102 Å². The fraction of sp³-hybridized carbons (Fsp3) is 0.675. The van der Waals surface area contributed by atoms with Crippen molar-refractivity contribution in [3.8, 4) is 0 Å². The molecule has 4 saturated carbocycles. The van der Waals surface area contributed by atoms with Gasteiger partial charge in [0.25, 0.3) is 8.32 Å². The third kappa shape index (κ3) is 5.57. The molecule has 0 bridgehead atoms. The zero-order valence-electron chi connectivity index (χ0n) is 28.7. The smallest absolute Gasteiger partial charge is 0.303 e. The van der Waals surface area contributed by atoms with Crippen molar-refractivity contribution in [2.75, 3.05) is 0 Å². The predicted molar refractivity (Wildman–Crippen MR) is 185 cm³/mol. The molecule has 0 saturated heterocycles. The van der Waals surface area contributed by atoms with Gasteiger partial charge in [0, 0.05) is 19.3 Å². The van der Waals surface area contributed by atoms with Gasteiger partial charge in [0.2, 0.25) is 0 Å². The Morgan fingerprint density at radius 2 is 1.47 bits per heavy atom. The largest absolute Gasteiger partial charge is 0.481 e. The summed E-state index contributed by atoms with van der Waals surface area (Å²) in [5, 5.41) is 24.2. The van der Waals surface area contributed by atoms with Gasteiger partial charge in [-0.2, -0.15) is 0 Å².